The van der Waals surface area contributed by atoms with E-state index in [2.05, 4.69) is 10.4 Å². The first-order valence-electron chi connectivity index (χ1n) is 9.41. The molecule has 1 fully saturated rings. The minimum atomic E-state index is -0.117. The molecule has 0 radical (unpaired) electrons. The molecule has 1 aliphatic rings. The molecule has 2 aromatic carbocycles. The highest BCUT2D eigenvalue weighted by Crippen LogP contribution is 2.52. The van der Waals surface area contributed by atoms with Crippen LogP contribution in [-0.2, 0) is 18.5 Å². The van der Waals surface area contributed by atoms with Gasteiger partial charge in [-0.1, -0.05) is 46.6 Å². The molecule has 1 heterocycles. The zero-order valence-corrected chi connectivity index (χ0v) is 18.0. The molecule has 3 aromatic rings. The Morgan fingerprint density at radius 3 is 2.59 bits per heavy atom. The quantitative estimate of drug-likeness (QED) is 0.448. The largest absolute Gasteiger partial charge is 0.391 e. The zero-order chi connectivity index (χ0) is 20.7. The molecule has 0 aliphatic heterocycles. The predicted octanol–water partition coefficient (Wildman–Crippen LogP) is 4.82. The average molecular weight is 433 g/mol. The fourth-order valence-electron chi connectivity index (χ4n) is 3.69. The fourth-order valence-corrected chi connectivity index (χ4v) is 4.37. The summed E-state index contributed by atoms with van der Waals surface area (Å²) in [5, 5.41) is 8.66. The zero-order valence-electron chi connectivity index (χ0n) is 16.4. The van der Waals surface area contributed by atoms with Crippen molar-refractivity contribution in [3.63, 3.8) is 0 Å². The summed E-state index contributed by atoms with van der Waals surface area (Å²) in [6.45, 7) is 4.23. The van der Waals surface area contributed by atoms with Crippen LogP contribution in [0, 0.1) is 12.8 Å². The number of halogens is 2. The molecule has 8 heteroatoms. The number of aromatic nitrogens is 3. The van der Waals surface area contributed by atoms with Gasteiger partial charge in [0.1, 0.15) is 6.61 Å². The molecule has 0 saturated heterocycles. The Morgan fingerprint density at radius 2 is 1.93 bits per heavy atom. The maximum atomic E-state index is 12.0. The third-order valence-corrected chi connectivity index (χ3v) is 6.13. The second kappa shape index (κ2) is 7.76. The van der Waals surface area contributed by atoms with E-state index in [1.165, 1.54) is 9.36 Å². The van der Waals surface area contributed by atoms with Gasteiger partial charge >= 0.3 is 5.69 Å². The molecule has 0 spiro atoms. The van der Waals surface area contributed by atoms with Gasteiger partial charge < -0.3 is 4.84 Å². The topological polar surface area (TPSA) is 64.3 Å². The molecular formula is C21H22Cl2N4O2. The third-order valence-electron chi connectivity index (χ3n) is 5.47. The Labute approximate surface area is 178 Å². The lowest BCUT2D eigenvalue weighted by molar-refractivity contribution is 0.128. The number of aromatic amines is 1. The molecule has 0 bridgehead atoms. The maximum absolute atomic E-state index is 12.0. The minimum absolute atomic E-state index is 0.117. The van der Waals surface area contributed by atoms with Crippen molar-refractivity contribution < 1.29 is 4.84 Å². The van der Waals surface area contributed by atoms with E-state index in [4.69, 9.17) is 28.0 Å². The van der Waals surface area contributed by atoms with E-state index in [0.29, 0.717) is 10.0 Å². The van der Waals surface area contributed by atoms with Crippen molar-refractivity contribution in [3.8, 4) is 5.69 Å². The summed E-state index contributed by atoms with van der Waals surface area (Å²) in [7, 11) is 1.68. The van der Waals surface area contributed by atoms with E-state index in [-0.39, 0.29) is 24.1 Å². The van der Waals surface area contributed by atoms with E-state index in [1.807, 2.05) is 50.2 Å². The lowest BCUT2D eigenvalue weighted by Gasteiger charge is -2.17. The molecule has 6 nitrogen and oxygen atoms in total. The summed E-state index contributed by atoms with van der Waals surface area (Å²) in [5.74, 6) is 0.548. The van der Waals surface area contributed by atoms with Crippen molar-refractivity contribution in [1.82, 2.24) is 14.6 Å². The Hall–Kier alpha value is -2.44. The first kappa shape index (κ1) is 19.9. The minimum Gasteiger partial charge on any atom is -0.391 e. The molecule has 2 atom stereocenters. The first-order valence-corrected chi connectivity index (χ1v) is 10.2. The van der Waals surface area contributed by atoms with Crippen LogP contribution >= 0.6 is 23.2 Å². The Morgan fingerprint density at radius 1 is 1.24 bits per heavy atom. The van der Waals surface area contributed by atoms with E-state index >= 15 is 0 Å². The number of hydrogen-bond acceptors (Lipinski definition) is 3. The van der Waals surface area contributed by atoms with Crippen LogP contribution in [0.4, 0.5) is 0 Å². The van der Waals surface area contributed by atoms with E-state index in [0.717, 1.165) is 34.5 Å². The van der Waals surface area contributed by atoms with E-state index in [9.17, 15) is 4.79 Å². The normalized spacial score (nSPS) is 18.9. The summed E-state index contributed by atoms with van der Waals surface area (Å²) in [6.07, 6.45) is 0.955. The monoisotopic (exact) mass is 432 g/mol. The number of rotatable bonds is 6. The van der Waals surface area contributed by atoms with Gasteiger partial charge in [0.25, 0.3) is 0 Å². The number of H-pyrrole nitrogens is 1. The molecule has 1 aromatic heterocycles. The van der Waals surface area contributed by atoms with Crippen LogP contribution < -0.4 is 5.69 Å². The maximum Gasteiger partial charge on any atom is 0.364 e. The Bertz CT molecular complexity index is 1120. The second-order valence-electron chi connectivity index (χ2n) is 7.44. The second-order valence-corrected chi connectivity index (χ2v) is 8.25. The van der Waals surface area contributed by atoms with E-state index in [1.54, 1.807) is 7.05 Å². The summed E-state index contributed by atoms with van der Waals surface area (Å²) < 4.78 is 2.92. The molecular weight excluding hydrogens is 411 g/mol. The third kappa shape index (κ3) is 3.74. The lowest BCUT2D eigenvalue weighted by Crippen LogP contribution is -2.40. The summed E-state index contributed by atoms with van der Waals surface area (Å²) >= 11 is 12.7. The number of nitrogens with one attached hydrogen (secondary N) is 1. The molecule has 2 unspecified atom stereocenters. The van der Waals surface area contributed by atoms with Gasteiger partial charge in [-0.05, 0) is 55.5 Å². The summed E-state index contributed by atoms with van der Waals surface area (Å²) in [6, 6.07) is 11.4. The van der Waals surface area contributed by atoms with Gasteiger partial charge in [0, 0.05) is 28.6 Å². The van der Waals surface area contributed by atoms with Crippen LogP contribution in [0.1, 0.15) is 36.0 Å². The number of oxime groups is 1. The van der Waals surface area contributed by atoms with Crippen molar-refractivity contribution in [3.05, 3.63) is 73.6 Å². The van der Waals surface area contributed by atoms with Crippen LogP contribution in [0.25, 0.3) is 5.69 Å². The smallest absolute Gasteiger partial charge is 0.364 e. The average Bonchev–Trinajstić information content (AvgIpc) is 3.47. The standard InChI is InChI=1S/C21H22Cl2N4O2/c1-12-6-4-9-19(27-21(28)26(3)25-27)16(12)11-29-24-13(2)14-10-15(14)20-17(22)7-5-8-18(20)23/h4-9,14-15,25H,10-11H2,1-3H3/b24-13+. The van der Waals surface area contributed by atoms with E-state index < -0.39 is 0 Å². The Balaban J connectivity index is 1.47. The highest BCUT2D eigenvalue weighted by Gasteiger charge is 2.43. The molecule has 152 valence electrons. The number of benzene rings is 2. The SMILES string of the molecule is C/C(=N\OCc1c(C)cccc1-n1[nH]n(C)c1=O)C1CC1c1c(Cl)cccc1Cl. The molecule has 0 amide bonds. The van der Waals surface area contributed by atoms with Gasteiger partial charge in [0.05, 0.1) is 11.4 Å². The van der Waals surface area contributed by atoms with Crippen molar-refractivity contribution in [2.24, 2.45) is 18.1 Å². The lowest BCUT2D eigenvalue weighted by atomic mass is 10.1. The Kier molecular flexibility index (Phi) is 5.32. The van der Waals surface area contributed by atoms with Crippen LogP contribution in [0.3, 0.4) is 0 Å². The van der Waals surface area contributed by atoms with Crippen LogP contribution in [0.2, 0.25) is 10.0 Å². The van der Waals surface area contributed by atoms with Gasteiger partial charge in [-0.3, -0.25) is 0 Å². The van der Waals surface area contributed by atoms with Gasteiger partial charge in [0.15, 0.2) is 0 Å². The molecule has 4 rings (SSSR count). The van der Waals surface area contributed by atoms with Gasteiger partial charge in [-0.25, -0.2) is 14.7 Å². The van der Waals surface area contributed by atoms with Crippen LogP contribution in [0.5, 0.6) is 0 Å². The molecule has 29 heavy (non-hydrogen) atoms. The van der Waals surface area contributed by atoms with Gasteiger partial charge in [0.2, 0.25) is 0 Å². The van der Waals surface area contributed by atoms with Crippen molar-refractivity contribution >= 4 is 28.9 Å². The number of hydrogen-bond donors (Lipinski definition) is 1. The van der Waals surface area contributed by atoms with Crippen molar-refractivity contribution in [1.29, 1.82) is 0 Å². The molecule has 1 N–H and O–H groups in total. The molecule has 1 aliphatic carbocycles. The van der Waals surface area contributed by atoms with Crippen molar-refractivity contribution in [2.45, 2.75) is 32.8 Å². The molecule has 1 saturated carbocycles. The summed E-state index contributed by atoms with van der Waals surface area (Å²) in [4.78, 5) is 17.7. The van der Waals surface area contributed by atoms with Gasteiger partial charge in [-0.2, -0.15) is 4.68 Å². The first-order chi connectivity index (χ1) is 13.9. The number of aryl methyl sites for hydroxylation is 2. The highest BCUT2D eigenvalue weighted by molar-refractivity contribution is 6.36. The van der Waals surface area contributed by atoms with Gasteiger partial charge in [-0.15, -0.1) is 0 Å². The predicted molar refractivity (Wildman–Crippen MR) is 115 cm³/mol. The fraction of sp³-hybridized carbons (Fsp3) is 0.333. The highest BCUT2D eigenvalue weighted by atomic mass is 35.5. The van der Waals surface area contributed by atoms with Crippen LogP contribution in [0.15, 0.2) is 46.3 Å². The summed E-state index contributed by atoms with van der Waals surface area (Å²) in [5.41, 5.74) is 4.51. The van der Waals surface area contributed by atoms with Crippen LogP contribution in [-0.4, -0.2) is 20.3 Å². The van der Waals surface area contributed by atoms with Crippen molar-refractivity contribution in [2.75, 3.05) is 0 Å². The number of nitrogens with zero attached hydrogens (tertiary/aromatic N) is 3.